The SMILES string of the molecule is Cc1cc2c(O)c(c1)C=NCCCN=Cc1cc(S(=O)(=O)c3cc4c(O)c(c3)C=NCCCN=Cc3cc(C)cc(c3O)C=NCCCN=C4)cc(c1O)C=NCCCN=C2. The van der Waals surface area contributed by atoms with E-state index >= 15 is 0 Å². The standard InChI is InChI=1S/C46H50N8O6S/c1-31-15-33-23-47-7-3-11-51-27-37-19-41(20-38(45(37)57)28-52-12-4-8-48-24-34(16-31)43(33)55)61(59,60)42-21-39-29-53-13-5-9-49-25-35-17-32(2)18-36(44(35)56)26-50-10-6-14-54-30-40(22-42)46(39)58/h15-30,55-58H,3-14H2,1-2H3. The number of rotatable bonds is 2. The van der Waals surface area contributed by atoms with E-state index < -0.39 is 9.84 Å². The second-order valence-corrected chi connectivity index (χ2v) is 16.6. The Kier molecular flexibility index (Phi) is 15.2. The smallest absolute Gasteiger partial charge is 0.206 e. The summed E-state index contributed by atoms with van der Waals surface area (Å²) in [5.74, 6) is -0.128. The van der Waals surface area contributed by atoms with Crippen LogP contribution in [0, 0.1) is 13.8 Å². The fourth-order valence-electron chi connectivity index (χ4n) is 6.52. The van der Waals surface area contributed by atoms with Crippen molar-refractivity contribution in [1.82, 2.24) is 0 Å². The summed E-state index contributed by atoms with van der Waals surface area (Å²) in [6, 6.07) is 12.9. The van der Waals surface area contributed by atoms with E-state index in [1.165, 1.54) is 49.1 Å². The third kappa shape index (κ3) is 11.8. The van der Waals surface area contributed by atoms with E-state index in [0.717, 1.165) is 11.1 Å². The summed E-state index contributed by atoms with van der Waals surface area (Å²) in [5, 5.41) is 44.1. The largest absolute Gasteiger partial charge is 0.507 e. The van der Waals surface area contributed by atoms with E-state index in [1.807, 2.05) is 38.1 Å². The molecule has 4 N–H and O–H groups in total. The molecule has 14 nitrogen and oxygen atoms in total. The third-order valence-electron chi connectivity index (χ3n) is 9.67. The van der Waals surface area contributed by atoms with E-state index in [4.69, 9.17) is 0 Å². The number of aliphatic imine (C=N–C) groups is 8. The maximum atomic E-state index is 14.5. The van der Waals surface area contributed by atoms with Gasteiger partial charge in [-0.2, -0.15) is 0 Å². The summed E-state index contributed by atoms with van der Waals surface area (Å²) >= 11 is 0. The molecule has 0 unspecified atom stereocenters. The third-order valence-corrected chi connectivity index (χ3v) is 11.4. The van der Waals surface area contributed by atoms with Crippen molar-refractivity contribution < 1.29 is 28.8 Å². The van der Waals surface area contributed by atoms with Gasteiger partial charge in [0.15, 0.2) is 0 Å². The van der Waals surface area contributed by atoms with Gasteiger partial charge in [-0.25, -0.2) is 8.42 Å². The molecular weight excluding hydrogens is 793 g/mol. The second kappa shape index (κ2) is 21.1. The van der Waals surface area contributed by atoms with Gasteiger partial charge in [-0.1, -0.05) is 0 Å². The van der Waals surface area contributed by atoms with Gasteiger partial charge >= 0.3 is 0 Å². The number of phenolic OH excluding ortho intramolecular Hbond substituents is 4. The molecule has 0 aliphatic carbocycles. The van der Waals surface area contributed by atoms with Crippen molar-refractivity contribution in [3.05, 3.63) is 104 Å². The van der Waals surface area contributed by atoms with Gasteiger partial charge in [0.1, 0.15) is 23.0 Å². The fraction of sp³-hybridized carbons (Fsp3) is 0.304. The average Bonchev–Trinajstić information content (AvgIpc) is 3.23. The molecule has 0 amide bonds. The molecular formula is C46H50N8O6S. The Morgan fingerprint density at radius 2 is 0.525 bits per heavy atom. The number of sulfone groups is 1. The number of aryl methyl sites for hydroxylation is 2. The highest BCUT2D eigenvalue weighted by Gasteiger charge is 2.24. The Morgan fingerprint density at radius 1 is 0.344 bits per heavy atom. The predicted molar refractivity (Wildman–Crippen MR) is 246 cm³/mol. The fourth-order valence-corrected chi connectivity index (χ4v) is 7.93. The molecule has 4 aromatic carbocycles. The van der Waals surface area contributed by atoms with Crippen molar-refractivity contribution in [1.29, 1.82) is 0 Å². The number of benzene rings is 4. The van der Waals surface area contributed by atoms with Crippen LogP contribution in [0.1, 0.15) is 81.3 Å². The first-order valence-corrected chi connectivity index (χ1v) is 21.6. The molecule has 0 saturated carbocycles. The molecule has 15 heteroatoms. The predicted octanol–water partition coefficient (Wildman–Crippen LogP) is 6.30. The first-order valence-electron chi connectivity index (χ1n) is 20.2. The number of hydrogen-bond donors (Lipinski definition) is 4. The molecule has 6 rings (SSSR count). The first-order chi connectivity index (χ1) is 29.5. The molecule has 2 heterocycles. The van der Waals surface area contributed by atoms with Crippen molar-refractivity contribution in [2.24, 2.45) is 39.9 Å². The Hall–Kier alpha value is -6.61. The van der Waals surface area contributed by atoms with E-state index in [9.17, 15) is 28.8 Å². The highest BCUT2D eigenvalue weighted by molar-refractivity contribution is 7.91. The molecule has 0 atom stereocenters. The van der Waals surface area contributed by atoms with Crippen molar-refractivity contribution in [2.75, 3.05) is 52.4 Å². The topological polar surface area (TPSA) is 214 Å². The van der Waals surface area contributed by atoms with Gasteiger partial charge in [0.2, 0.25) is 9.84 Å². The Bertz CT molecular complexity index is 2280. The average molecular weight is 843 g/mol. The van der Waals surface area contributed by atoms with E-state index in [0.29, 0.717) is 100 Å². The maximum Gasteiger partial charge on any atom is 0.206 e. The minimum Gasteiger partial charge on any atom is -0.507 e. The Morgan fingerprint density at radius 3 is 0.721 bits per heavy atom. The van der Waals surface area contributed by atoms with Crippen molar-refractivity contribution >= 4 is 59.6 Å². The van der Waals surface area contributed by atoms with Gasteiger partial charge in [0.25, 0.3) is 0 Å². The van der Waals surface area contributed by atoms with Gasteiger partial charge in [-0.3, -0.25) is 39.9 Å². The highest BCUT2D eigenvalue weighted by atomic mass is 32.2. The number of hydrogen-bond acceptors (Lipinski definition) is 14. The molecule has 4 aromatic rings. The molecule has 0 fully saturated rings. The molecule has 61 heavy (non-hydrogen) atoms. The van der Waals surface area contributed by atoms with E-state index in [-0.39, 0.29) is 55.0 Å². The van der Waals surface area contributed by atoms with Gasteiger partial charge < -0.3 is 20.4 Å². The summed E-state index contributed by atoms with van der Waals surface area (Å²) in [4.78, 5) is 35.5. The lowest BCUT2D eigenvalue weighted by Crippen LogP contribution is -2.07. The highest BCUT2D eigenvalue weighted by Crippen LogP contribution is 2.32. The zero-order chi connectivity index (χ0) is 43.2. The van der Waals surface area contributed by atoms with Crippen molar-refractivity contribution in [3.8, 4) is 23.0 Å². The molecule has 2 aliphatic rings. The number of nitrogens with zero attached hydrogens (tertiary/aromatic N) is 8. The van der Waals surface area contributed by atoms with E-state index in [1.54, 1.807) is 24.9 Å². The molecule has 316 valence electrons. The lowest BCUT2D eigenvalue weighted by atomic mass is 10.1. The van der Waals surface area contributed by atoms with Gasteiger partial charge in [-0.15, -0.1) is 0 Å². The Balaban J connectivity index is 1.29. The molecule has 0 spiro atoms. The number of phenols is 4. The molecule has 2 aliphatic heterocycles. The summed E-state index contributed by atoms with van der Waals surface area (Å²) in [6.45, 7) is 6.94. The van der Waals surface area contributed by atoms with Crippen LogP contribution >= 0.6 is 0 Å². The summed E-state index contributed by atoms with van der Waals surface area (Å²) in [5.41, 5.74) is 5.05. The van der Waals surface area contributed by atoms with Gasteiger partial charge in [0, 0.05) is 147 Å². The minimum absolute atomic E-state index is 0.110. The van der Waals surface area contributed by atoms with Crippen LogP contribution in [0.5, 0.6) is 23.0 Å². The van der Waals surface area contributed by atoms with Crippen LogP contribution in [0.2, 0.25) is 0 Å². The summed E-state index contributed by atoms with van der Waals surface area (Å²) < 4.78 is 29.0. The number of fused-ring (bicyclic) bond motifs is 8. The molecule has 0 saturated heterocycles. The number of aromatic hydroxyl groups is 4. The lowest BCUT2D eigenvalue weighted by Gasteiger charge is -2.12. The van der Waals surface area contributed by atoms with Crippen LogP contribution in [0.25, 0.3) is 0 Å². The van der Waals surface area contributed by atoms with Crippen LogP contribution in [0.15, 0.2) is 98.3 Å². The van der Waals surface area contributed by atoms with Crippen LogP contribution in [-0.4, -0.2) is 131 Å². The first kappa shape index (κ1) is 44.0. The summed E-state index contributed by atoms with van der Waals surface area (Å²) in [7, 11) is -4.27. The normalized spacial score (nSPS) is 15.8. The quantitative estimate of drug-likeness (QED) is 0.182. The molecule has 0 aromatic heterocycles. The van der Waals surface area contributed by atoms with Crippen LogP contribution in [-0.2, 0) is 9.84 Å². The molecule has 8 bridgehead atoms. The maximum absolute atomic E-state index is 14.5. The monoisotopic (exact) mass is 842 g/mol. The minimum atomic E-state index is -4.27. The zero-order valence-corrected chi connectivity index (χ0v) is 35.1. The van der Waals surface area contributed by atoms with Crippen LogP contribution in [0.3, 0.4) is 0 Å². The van der Waals surface area contributed by atoms with Gasteiger partial charge in [0.05, 0.1) is 9.79 Å². The molecule has 0 radical (unpaired) electrons. The second-order valence-electron chi connectivity index (χ2n) is 14.7. The summed E-state index contributed by atoms with van der Waals surface area (Å²) in [6.07, 6.45) is 14.5. The van der Waals surface area contributed by atoms with Crippen molar-refractivity contribution in [2.45, 2.75) is 49.3 Å². The van der Waals surface area contributed by atoms with E-state index in [2.05, 4.69) is 39.9 Å². The van der Waals surface area contributed by atoms with Crippen molar-refractivity contribution in [3.63, 3.8) is 0 Å². The van der Waals surface area contributed by atoms with Crippen LogP contribution in [0.4, 0.5) is 0 Å². The zero-order valence-electron chi connectivity index (χ0n) is 34.3. The van der Waals surface area contributed by atoms with Gasteiger partial charge in [-0.05, 0) is 99.2 Å². The lowest BCUT2D eigenvalue weighted by molar-refractivity contribution is 0.472. The van der Waals surface area contributed by atoms with Crippen LogP contribution < -0.4 is 0 Å². The Labute approximate surface area is 356 Å².